The minimum Gasteiger partial charge on any atom is -0.490 e. The van der Waals surface area contributed by atoms with Crippen LogP contribution < -0.4 is 15.8 Å². The number of fused-ring (bicyclic) bond motifs is 3. The number of aromatic nitrogens is 3. The smallest absolute Gasteiger partial charge is 0.223 e. The Morgan fingerprint density at radius 1 is 1.20 bits per heavy atom. The van der Waals surface area contributed by atoms with E-state index in [1.165, 1.54) is 0 Å². The first-order valence-corrected chi connectivity index (χ1v) is 12.6. The standard InChI is InChI=1S/C26H29ClN6O2/c1-33-10-8-18(9-11-33)35-17-6-4-14(5-7-17)25-31-23-22(19(27)13-29-26(23)32-25)30-21-16-3-2-15(12-16)20(21)24(28)34/h2-7,13,15-16,18,20-21H,8-12H2,1H3,(H2,28,34)(H2,29,30,31,32)/t15-,16+,20+,21-/m1/s1. The number of halogens is 1. The van der Waals surface area contributed by atoms with Crippen LogP contribution in [0.15, 0.2) is 42.6 Å². The zero-order chi connectivity index (χ0) is 24.1. The summed E-state index contributed by atoms with van der Waals surface area (Å²) in [5.41, 5.74) is 8.66. The first kappa shape index (κ1) is 22.4. The molecule has 1 aliphatic heterocycles. The van der Waals surface area contributed by atoms with Crippen molar-refractivity contribution in [3.8, 4) is 17.1 Å². The van der Waals surface area contributed by atoms with Gasteiger partial charge in [-0.3, -0.25) is 4.79 Å². The molecule has 4 N–H and O–H groups in total. The third kappa shape index (κ3) is 4.15. The zero-order valence-electron chi connectivity index (χ0n) is 19.6. The Morgan fingerprint density at radius 3 is 2.69 bits per heavy atom. The maximum atomic E-state index is 12.2. The van der Waals surface area contributed by atoms with E-state index < -0.39 is 0 Å². The highest BCUT2D eigenvalue weighted by atomic mass is 35.5. The number of H-pyrrole nitrogens is 1. The summed E-state index contributed by atoms with van der Waals surface area (Å²) in [6.07, 6.45) is 9.14. The Hall–Kier alpha value is -3.10. The number of rotatable bonds is 6. The number of aromatic amines is 1. The Balaban J connectivity index is 1.24. The number of benzene rings is 1. The van der Waals surface area contributed by atoms with Gasteiger partial charge in [0, 0.05) is 24.7 Å². The molecule has 2 fully saturated rings. The van der Waals surface area contributed by atoms with Crippen LogP contribution >= 0.6 is 11.6 Å². The lowest BCUT2D eigenvalue weighted by Crippen LogP contribution is -2.41. The molecule has 1 aromatic carbocycles. The topological polar surface area (TPSA) is 109 Å². The van der Waals surface area contributed by atoms with E-state index in [1.54, 1.807) is 6.20 Å². The van der Waals surface area contributed by atoms with E-state index in [2.05, 4.69) is 39.4 Å². The van der Waals surface area contributed by atoms with E-state index in [0.717, 1.165) is 43.7 Å². The van der Waals surface area contributed by atoms with Gasteiger partial charge >= 0.3 is 0 Å². The number of anilines is 1. The molecule has 2 bridgehead atoms. The molecule has 8 nitrogen and oxygen atoms in total. The van der Waals surface area contributed by atoms with Gasteiger partial charge in [-0.05, 0) is 62.4 Å². The summed E-state index contributed by atoms with van der Waals surface area (Å²) in [4.78, 5) is 27.0. The summed E-state index contributed by atoms with van der Waals surface area (Å²) in [6, 6.07) is 7.87. The van der Waals surface area contributed by atoms with Crippen LogP contribution in [0, 0.1) is 17.8 Å². The molecule has 3 aliphatic rings. The number of pyridine rings is 1. The number of nitrogens with one attached hydrogen (secondary N) is 2. The highest BCUT2D eigenvalue weighted by Gasteiger charge is 2.47. The van der Waals surface area contributed by atoms with Crippen molar-refractivity contribution >= 4 is 34.4 Å². The molecule has 0 radical (unpaired) electrons. The van der Waals surface area contributed by atoms with Crippen LogP contribution in [-0.2, 0) is 4.79 Å². The van der Waals surface area contributed by atoms with Gasteiger partial charge in [0.2, 0.25) is 5.91 Å². The minimum atomic E-state index is -0.284. The number of amides is 1. The van der Waals surface area contributed by atoms with Crippen molar-refractivity contribution in [2.45, 2.75) is 31.4 Å². The van der Waals surface area contributed by atoms with Gasteiger partial charge in [0.15, 0.2) is 5.65 Å². The van der Waals surface area contributed by atoms with Crippen molar-refractivity contribution in [1.29, 1.82) is 0 Å². The average molecular weight is 493 g/mol. The third-order valence-electron chi connectivity index (χ3n) is 7.67. The van der Waals surface area contributed by atoms with E-state index in [-0.39, 0.29) is 35.8 Å². The minimum absolute atomic E-state index is 0.103. The molecular formula is C26H29ClN6O2. The number of likely N-dealkylation sites (tertiary alicyclic amines) is 1. The van der Waals surface area contributed by atoms with E-state index >= 15 is 0 Å². The van der Waals surface area contributed by atoms with Crippen molar-refractivity contribution in [1.82, 2.24) is 19.9 Å². The van der Waals surface area contributed by atoms with Crippen LogP contribution in [0.1, 0.15) is 19.3 Å². The van der Waals surface area contributed by atoms with Crippen LogP contribution in [0.3, 0.4) is 0 Å². The van der Waals surface area contributed by atoms with Gasteiger partial charge in [-0.15, -0.1) is 0 Å². The summed E-state index contributed by atoms with van der Waals surface area (Å²) in [5, 5.41) is 4.00. The maximum absolute atomic E-state index is 12.2. The Bertz CT molecular complexity index is 1280. The number of primary amides is 1. The SMILES string of the molecule is CN1CCC(Oc2ccc(-c3nc4ncc(Cl)c(N[C@H]5[C@@H](C(N)=O)[C@@H]6C=C[C@H]5C6)c4[nH]3)cc2)CC1. The van der Waals surface area contributed by atoms with Gasteiger partial charge < -0.3 is 25.7 Å². The number of nitrogens with two attached hydrogens (primary N) is 1. The van der Waals surface area contributed by atoms with Crippen molar-refractivity contribution in [2.75, 3.05) is 25.5 Å². The van der Waals surface area contributed by atoms with Gasteiger partial charge in [0.1, 0.15) is 23.2 Å². The predicted octanol–water partition coefficient (Wildman–Crippen LogP) is 3.84. The van der Waals surface area contributed by atoms with E-state index in [1.807, 2.05) is 24.3 Å². The molecule has 3 heterocycles. The number of carbonyl (C=O) groups excluding carboxylic acids is 1. The van der Waals surface area contributed by atoms with Crippen LogP contribution in [0.25, 0.3) is 22.6 Å². The fraction of sp³-hybridized carbons (Fsp3) is 0.423. The molecule has 3 aromatic rings. The largest absolute Gasteiger partial charge is 0.490 e. The molecule has 6 rings (SSSR count). The molecular weight excluding hydrogens is 464 g/mol. The molecule has 0 unspecified atom stereocenters. The lowest BCUT2D eigenvalue weighted by atomic mass is 9.88. The number of ether oxygens (including phenoxy) is 1. The summed E-state index contributed by atoms with van der Waals surface area (Å²) in [7, 11) is 2.15. The molecule has 0 spiro atoms. The number of carbonyl (C=O) groups is 1. The number of hydrogen-bond donors (Lipinski definition) is 3. The summed E-state index contributed by atoms with van der Waals surface area (Å²) < 4.78 is 6.18. The lowest BCUT2D eigenvalue weighted by molar-refractivity contribution is -0.122. The zero-order valence-corrected chi connectivity index (χ0v) is 20.3. The number of hydrogen-bond acceptors (Lipinski definition) is 6. The van der Waals surface area contributed by atoms with Gasteiger partial charge in [-0.25, -0.2) is 9.97 Å². The first-order valence-electron chi connectivity index (χ1n) is 12.2. The highest BCUT2D eigenvalue weighted by Crippen LogP contribution is 2.46. The van der Waals surface area contributed by atoms with Crippen LogP contribution in [0.5, 0.6) is 5.75 Å². The second-order valence-electron chi connectivity index (χ2n) is 9.96. The molecule has 35 heavy (non-hydrogen) atoms. The molecule has 9 heteroatoms. The molecule has 1 amide bonds. The van der Waals surface area contributed by atoms with Crippen molar-refractivity contribution in [2.24, 2.45) is 23.5 Å². The maximum Gasteiger partial charge on any atom is 0.223 e. The summed E-state index contributed by atoms with van der Waals surface area (Å²) >= 11 is 6.56. The normalized spacial score (nSPS) is 26.5. The Morgan fingerprint density at radius 2 is 1.94 bits per heavy atom. The molecule has 182 valence electrons. The van der Waals surface area contributed by atoms with Crippen LogP contribution in [0.4, 0.5) is 5.69 Å². The number of piperidine rings is 1. The highest BCUT2D eigenvalue weighted by molar-refractivity contribution is 6.34. The average Bonchev–Trinajstić information content (AvgIpc) is 3.58. The lowest BCUT2D eigenvalue weighted by Gasteiger charge is -2.29. The van der Waals surface area contributed by atoms with Gasteiger partial charge in [-0.2, -0.15) is 0 Å². The van der Waals surface area contributed by atoms with Gasteiger partial charge in [-0.1, -0.05) is 23.8 Å². The second kappa shape index (κ2) is 8.84. The van der Waals surface area contributed by atoms with Gasteiger partial charge in [0.05, 0.1) is 22.8 Å². The number of imidazole rings is 1. The van der Waals surface area contributed by atoms with E-state index in [9.17, 15) is 4.79 Å². The third-order valence-corrected chi connectivity index (χ3v) is 7.96. The Labute approximate surface area is 208 Å². The Kier molecular flexibility index (Phi) is 5.65. The van der Waals surface area contributed by atoms with E-state index in [0.29, 0.717) is 27.7 Å². The second-order valence-corrected chi connectivity index (χ2v) is 10.4. The molecule has 1 saturated heterocycles. The van der Waals surface area contributed by atoms with Crippen molar-refractivity contribution < 1.29 is 9.53 Å². The van der Waals surface area contributed by atoms with E-state index in [4.69, 9.17) is 27.1 Å². The summed E-state index contributed by atoms with van der Waals surface area (Å²) in [6.45, 7) is 2.12. The monoisotopic (exact) mass is 492 g/mol. The molecule has 1 saturated carbocycles. The molecule has 2 aliphatic carbocycles. The predicted molar refractivity (Wildman–Crippen MR) is 136 cm³/mol. The number of nitrogens with zero attached hydrogens (tertiary/aromatic N) is 3. The van der Waals surface area contributed by atoms with Crippen molar-refractivity contribution in [3.63, 3.8) is 0 Å². The molecule has 2 aromatic heterocycles. The first-order chi connectivity index (χ1) is 17.0. The van der Waals surface area contributed by atoms with Crippen LogP contribution in [-0.4, -0.2) is 58.0 Å². The number of allylic oxidation sites excluding steroid dienone is 1. The summed E-state index contributed by atoms with van der Waals surface area (Å²) in [5.74, 6) is 1.44. The van der Waals surface area contributed by atoms with Crippen molar-refractivity contribution in [3.05, 3.63) is 47.6 Å². The van der Waals surface area contributed by atoms with Crippen LogP contribution in [0.2, 0.25) is 5.02 Å². The molecule has 4 atom stereocenters. The quantitative estimate of drug-likeness (QED) is 0.451. The van der Waals surface area contributed by atoms with Gasteiger partial charge in [0.25, 0.3) is 0 Å². The fourth-order valence-corrected chi connectivity index (χ4v) is 5.97. The fourth-order valence-electron chi connectivity index (χ4n) is 5.77.